The van der Waals surface area contributed by atoms with Crippen LogP contribution < -0.4 is 0 Å². The molecule has 0 unspecified atom stereocenters. The second-order valence-corrected chi connectivity index (χ2v) is 2.95. The monoisotopic (exact) mass is 143 g/mol. The van der Waals surface area contributed by atoms with Gasteiger partial charge in [0.25, 0.3) is 0 Å². The summed E-state index contributed by atoms with van der Waals surface area (Å²) < 4.78 is 49.5. The van der Waals surface area contributed by atoms with Crippen molar-refractivity contribution in [1.82, 2.24) is 0 Å². The van der Waals surface area contributed by atoms with Crippen LogP contribution in [0, 0.1) is 0 Å². The zero-order valence-electron chi connectivity index (χ0n) is 2.39. The Morgan fingerprint density at radius 2 is 0.667 bits per heavy atom. The molecule has 0 radical (unpaired) electrons. The van der Waals surface area contributed by atoms with Gasteiger partial charge in [-0.05, 0) is 0 Å². The summed E-state index contributed by atoms with van der Waals surface area (Å²) in [4.78, 5) is 0. The molecular weight excluding hydrogens is 143 g/mol. The van der Waals surface area contributed by atoms with Gasteiger partial charge in [0.2, 0.25) is 0 Å². The Labute approximate surface area is 34.2 Å². The van der Waals surface area contributed by atoms with Gasteiger partial charge in [0.05, 0.1) is 0 Å². The molecule has 0 aromatic rings. The molecule has 0 aliphatic carbocycles. The minimum atomic E-state index is -9.10. The predicted octanol–water partition coefficient (Wildman–Crippen LogP) is 2.10. The fourth-order valence-electron chi connectivity index (χ4n) is 0. The van der Waals surface area contributed by atoms with E-state index in [4.69, 9.17) is 0 Å². The minimum absolute atomic E-state index is 9.10. The topological polar surface area (TPSA) is 0 Å². The molecule has 0 aromatic heterocycles. The van der Waals surface area contributed by atoms with Gasteiger partial charge in [-0.2, -0.15) is 0 Å². The number of hydrogen-bond donors (Lipinski definition) is 0. The third-order valence-corrected chi connectivity index (χ3v) is 0. The fraction of sp³-hybridized carbons (Fsp3) is 0. The van der Waals surface area contributed by atoms with Crippen LogP contribution in [0.1, 0.15) is 0 Å². The molecule has 0 atom stereocenters. The Morgan fingerprint density at radius 1 is 0.667 bits per heavy atom. The van der Waals surface area contributed by atoms with Crippen LogP contribution >= 0.6 is 0 Å². The van der Waals surface area contributed by atoms with E-state index >= 15 is 0 Å². The van der Waals surface area contributed by atoms with Crippen LogP contribution in [0.25, 0.3) is 0 Å². The first-order chi connectivity index (χ1) is 2.24. The summed E-state index contributed by atoms with van der Waals surface area (Å²) in [7, 11) is 0. The quantitative estimate of drug-likeness (QED) is 0.359. The Bertz CT molecular complexity index is 37.1. The van der Waals surface area contributed by atoms with Gasteiger partial charge in [-0.15, -0.1) is 0 Å². The first kappa shape index (κ1) is 6.36. The summed E-state index contributed by atoms with van der Waals surface area (Å²) in [6.45, 7) is 0. The molecule has 0 rings (SSSR count). The zero-order chi connectivity index (χ0) is 5.45. The van der Waals surface area contributed by atoms with Crippen LogP contribution in [0.4, 0.5) is 15.5 Å². The van der Waals surface area contributed by atoms with Crippen LogP contribution in [-0.4, -0.2) is 0 Å². The molecule has 0 saturated carbocycles. The summed E-state index contributed by atoms with van der Waals surface area (Å²) in [5.41, 5.74) is 0. The molecule has 0 amide bonds. The Balaban J connectivity index is 3.73. The Kier molecular flexibility index (Phi) is 1.01. The van der Waals surface area contributed by atoms with Crippen molar-refractivity contribution in [1.29, 1.82) is 0 Å². The van der Waals surface area contributed by atoms with E-state index in [1.807, 2.05) is 0 Å². The van der Waals surface area contributed by atoms with Crippen molar-refractivity contribution in [2.24, 2.45) is 0 Å². The first-order valence-corrected chi connectivity index (χ1v) is 3.90. The number of hydrogen-bond acceptors (Lipinski definition) is 0. The molecule has 6 heteroatoms. The Hall–Kier alpha value is 0.364. The van der Waals surface area contributed by atoms with Crippen molar-refractivity contribution in [2.75, 3.05) is 0 Å². The van der Waals surface area contributed by atoms with Crippen molar-refractivity contribution in [2.45, 2.75) is 0 Å². The summed E-state index contributed by atoms with van der Waals surface area (Å²) in [6.07, 6.45) is 0. The molecule has 0 saturated heterocycles. The SMILES string of the molecule is [F][Ti-]([F])([F])([F])[F]. The van der Waals surface area contributed by atoms with Gasteiger partial charge in [0, 0.05) is 0 Å². The number of halogens is 5. The van der Waals surface area contributed by atoms with E-state index < -0.39 is 18.0 Å². The molecule has 0 fully saturated rings. The molecule has 0 aliphatic rings. The van der Waals surface area contributed by atoms with Crippen LogP contribution in [0.2, 0.25) is 0 Å². The van der Waals surface area contributed by atoms with Gasteiger partial charge in [0.15, 0.2) is 0 Å². The standard InChI is InChI=1S/5FH.Ti/h5*1H;/q;;;;;+4/p-5. The molecular formula is F5Ti-. The molecule has 0 nitrogen and oxygen atoms in total. The normalized spacial score (nSPS) is 19.2. The third kappa shape index (κ3) is 372. The summed E-state index contributed by atoms with van der Waals surface area (Å²) >= 11 is -9.10. The van der Waals surface area contributed by atoms with E-state index in [1.54, 1.807) is 0 Å². The van der Waals surface area contributed by atoms with Gasteiger partial charge >= 0.3 is 33.4 Å². The first-order valence-electron chi connectivity index (χ1n) is 0.945. The van der Waals surface area contributed by atoms with Crippen LogP contribution in [-0.2, 0) is 18.0 Å². The molecule has 0 spiro atoms. The molecule has 0 aliphatic heterocycles. The molecule has 0 N–H and O–H groups in total. The zero-order valence-corrected chi connectivity index (χ0v) is 3.95. The average molecular weight is 143 g/mol. The summed E-state index contributed by atoms with van der Waals surface area (Å²) in [5.74, 6) is 0. The van der Waals surface area contributed by atoms with Crippen LogP contribution in [0.5, 0.6) is 0 Å². The van der Waals surface area contributed by atoms with Crippen molar-refractivity contribution in [3.63, 3.8) is 0 Å². The molecule has 0 aromatic carbocycles. The average Bonchev–Trinajstić information content (AvgIpc) is 0.650. The third-order valence-electron chi connectivity index (χ3n) is 0. The van der Waals surface area contributed by atoms with E-state index in [2.05, 4.69) is 0 Å². The van der Waals surface area contributed by atoms with E-state index in [9.17, 15) is 15.5 Å². The molecule has 40 valence electrons. The molecule has 6 heavy (non-hydrogen) atoms. The van der Waals surface area contributed by atoms with Crippen LogP contribution in [0.3, 0.4) is 0 Å². The molecule has 0 bridgehead atoms. The fourth-order valence-corrected chi connectivity index (χ4v) is 0. The van der Waals surface area contributed by atoms with E-state index in [1.165, 1.54) is 0 Å². The Morgan fingerprint density at radius 3 is 0.667 bits per heavy atom. The van der Waals surface area contributed by atoms with Crippen molar-refractivity contribution >= 4 is 0 Å². The number of rotatable bonds is 0. The van der Waals surface area contributed by atoms with Gasteiger partial charge in [0.1, 0.15) is 0 Å². The second kappa shape index (κ2) is 0.951. The van der Waals surface area contributed by atoms with E-state index in [-0.39, 0.29) is 0 Å². The van der Waals surface area contributed by atoms with Crippen molar-refractivity contribution in [3.05, 3.63) is 0 Å². The van der Waals surface area contributed by atoms with Crippen molar-refractivity contribution < 1.29 is 33.4 Å². The maximum atomic E-state index is 9.90. The van der Waals surface area contributed by atoms with Gasteiger partial charge in [-0.25, -0.2) is 0 Å². The van der Waals surface area contributed by atoms with Gasteiger partial charge in [-0.3, -0.25) is 0 Å². The summed E-state index contributed by atoms with van der Waals surface area (Å²) in [5, 5.41) is 0. The second-order valence-electron chi connectivity index (χ2n) is 0.714. The van der Waals surface area contributed by atoms with Crippen LogP contribution in [0.15, 0.2) is 0 Å². The van der Waals surface area contributed by atoms with E-state index in [0.29, 0.717) is 0 Å². The molecule has 0 heterocycles. The van der Waals surface area contributed by atoms with Crippen molar-refractivity contribution in [3.8, 4) is 0 Å². The van der Waals surface area contributed by atoms with Gasteiger partial charge < -0.3 is 0 Å². The van der Waals surface area contributed by atoms with E-state index in [0.717, 1.165) is 0 Å². The van der Waals surface area contributed by atoms with Gasteiger partial charge in [-0.1, -0.05) is 0 Å². The maximum absolute atomic E-state index is 9.90. The summed E-state index contributed by atoms with van der Waals surface area (Å²) in [6, 6.07) is 0. The predicted molar refractivity (Wildman–Crippen MR) is 5.54 cm³/mol.